The number of amides is 1. The van der Waals surface area contributed by atoms with E-state index < -0.39 is 0 Å². The van der Waals surface area contributed by atoms with Crippen LogP contribution in [0.5, 0.6) is 0 Å². The number of hydrogen-bond donors (Lipinski definition) is 2. The summed E-state index contributed by atoms with van der Waals surface area (Å²) in [5, 5.41) is 3.67. The fourth-order valence-corrected chi connectivity index (χ4v) is 3.87. The molecule has 3 aromatic heterocycles. The summed E-state index contributed by atoms with van der Waals surface area (Å²) < 4.78 is 2.13. The van der Waals surface area contributed by atoms with E-state index in [1.807, 2.05) is 26.8 Å². The minimum Gasteiger partial charge on any atom is -0.348 e. The van der Waals surface area contributed by atoms with Gasteiger partial charge >= 0.3 is 0 Å². The highest BCUT2D eigenvalue weighted by Crippen LogP contribution is 2.29. The molecule has 7 nitrogen and oxygen atoms in total. The summed E-state index contributed by atoms with van der Waals surface area (Å²) >= 11 is 0. The molecule has 0 saturated heterocycles. The van der Waals surface area contributed by atoms with Crippen molar-refractivity contribution in [2.24, 2.45) is 0 Å². The molecule has 3 aromatic rings. The van der Waals surface area contributed by atoms with Crippen molar-refractivity contribution in [3.8, 4) is 0 Å². The van der Waals surface area contributed by atoms with Crippen LogP contribution < -0.4 is 10.9 Å². The molecule has 1 unspecified atom stereocenters. The average Bonchev–Trinajstić information content (AvgIpc) is 2.97. The first-order chi connectivity index (χ1) is 14.1. The molecule has 1 atom stereocenters. The van der Waals surface area contributed by atoms with Crippen LogP contribution in [0.25, 0.3) is 11.0 Å². The summed E-state index contributed by atoms with van der Waals surface area (Å²) in [5.41, 5.74) is 4.28. The van der Waals surface area contributed by atoms with Crippen LogP contribution >= 0.6 is 0 Å². The third-order valence-electron chi connectivity index (χ3n) is 5.70. The fourth-order valence-electron chi connectivity index (χ4n) is 3.87. The van der Waals surface area contributed by atoms with E-state index in [-0.39, 0.29) is 30.0 Å². The van der Waals surface area contributed by atoms with E-state index in [0.717, 1.165) is 40.2 Å². The molecule has 0 fully saturated rings. The van der Waals surface area contributed by atoms with Gasteiger partial charge in [-0.05, 0) is 45.7 Å². The third-order valence-corrected chi connectivity index (χ3v) is 5.70. The summed E-state index contributed by atoms with van der Waals surface area (Å²) in [4.78, 5) is 37.5. The van der Waals surface area contributed by atoms with E-state index in [9.17, 15) is 9.59 Å². The predicted octanol–water partition coefficient (Wildman–Crippen LogP) is 4.07. The maximum atomic E-state index is 13.2. The number of nitrogens with one attached hydrogen (secondary N) is 2. The molecule has 2 N–H and O–H groups in total. The smallest absolute Gasteiger partial charge is 0.254 e. The SMILES string of the molecule is CCC(C)n1c(C)c(C(=O)NCc2c(C)cc(C)[nH]c2=O)c2cnc(C(C)C)nc21. The number of hydrogen-bond acceptors (Lipinski definition) is 4. The predicted molar refractivity (Wildman–Crippen MR) is 119 cm³/mol. The first-order valence-electron chi connectivity index (χ1n) is 10.5. The summed E-state index contributed by atoms with van der Waals surface area (Å²) in [6, 6.07) is 2.11. The van der Waals surface area contributed by atoms with Crippen LogP contribution in [-0.2, 0) is 6.54 Å². The number of nitrogens with zero attached hydrogens (tertiary/aromatic N) is 3. The van der Waals surface area contributed by atoms with Crippen molar-refractivity contribution in [2.75, 3.05) is 0 Å². The Kier molecular flexibility index (Phi) is 6.10. The minimum atomic E-state index is -0.222. The van der Waals surface area contributed by atoms with E-state index in [2.05, 4.69) is 47.5 Å². The van der Waals surface area contributed by atoms with E-state index in [0.29, 0.717) is 11.1 Å². The highest BCUT2D eigenvalue weighted by Gasteiger charge is 2.24. The van der Waals surface area contributed by atoms with Crippen molar-refractivity contribution in [3.05, 3.63) is 56.5 Å². The van der Waals surface area contributed by atoms with Gasteiger partial charge in [0.1, 0.15) is 11.5 Å². The third kappa shape index (κ3) is 3.88. The molecule has 0 radical (unpaired) electrons. The lowest BCUT2D eigenvalue weighted by Gasteiger charge is -2.15. The number of aryl methyl sites for hydroxylation is 2. The zero-order valence-electron chi connectivity index (χ0n) is 18.9. The second-order valence-corrected chi connectivity index (χ2v) is 8.33. The Morgan fingerprint density at radius 2 is 1.93 bits per heavy atom. The Hall–Kier alpha value is -2.96. The number of carbonyl (C=O) groups excluding carboxylic acids is 1. The van der Waals surface area contributed by atoms with Crippen molar-refractivity contribution in [2.45, 2.75) is 73.4 Å². The second kappa shape index (κ2) is 8.42. The second-order valence-electron chi connectivity index (χ2n) is 8.33. The molecule has 30 heavy (non-hydrogen) atoms. The molecule has 0 bridgehead atoms. The summed E-state index contributed by atoms with van der Waals surface area (Å²) in [5.74, 6) is 0.738. The highest BCUT2D eigenvalue weighted by molar-refractivity contribution is 6.07. The maximum absolute atomic E-state index is 13.2. The van der Waals surface area contributed by atoms with Gasteiger partial charge in [-0.3, -0.25) is 9.59 Å². The van der Waals surface area contributed by atoms with Crippen LogP contribution in [0, 0.1) is 20.8 Å². The maximum Gasteiger partial charge on any atom is 0.254 e. The first-order valence-corrected chi connectivity index (χ1v) is 10.5. The molecular formula is C23H31N5O2. The van der Waals surface area contributed by atoms with E-state index in [1.165, 1.54) is 0 Å². The van der Waals surface area contributed by atoms with E-state index in [4.69, 9.17) is 4.98 Å². The molecule has 3 heterocycles. The van der Waals surface area contributed by atoms with Crippen molar-refractivity contribution in [3.63, 3.8) is 0 Å². The lowest BCUT2D eigenvalue weighted by Crippen LogP contribution is -2.28. The quantitative estimate of drug-likeness (QED) is 0.642. The molecule has 0 aliphatic rings. The van der Waals surface area contributed by atoms with E-state index in [1.54, 1.807) is 6.20 Å². The topological polar surface area (TPSA) is 92.7 Å². The molecule has 3 rings (SSSR count). The van der Waals surface area contributed by atoms with Crippen LogP contribution in [0.4, 0.5) is 0 Å². The Morgan fingerprint density at radius 3 is 2.53 bits per heavy atom. The van der Waals surface area contributed by atoms with Crippen molar-refractivity contribution in [1.82, 2.24) is 24.8 Å². The Bertz CT molecular complexity index is 1160. The normalized spacial score (nSPS) is 12.5. The molecule has 160 valence electrons. The summed E-state index contributed by atoms with van der Waals surface area (Å²) in [7, 11) is 0. The van der Waals surface area contributed by atoms with Crippen LogP contribution in [0.1, 0.15) is 84.8 Å². The van der Waals surface area contributed by atoms with Gasteiger partial charge in [-0.1, -0.05) is 20.8 Å². The van der Waals surface area contributed by atoms with E-state index >= 15 is 0 Å². The Balaban J connectivity index is 2.04. The standard InChI is InChI=1S/C23H31N5O2/c1-8-15(6)28-16(7)19(18-11-24-20(12(2)3)27-21(18)28)23(30)25-10-17-13(4)9-14(5)26-22(17)29/h9,11-12,15H,8,10H2,1-7H3,(H,25,30)(H,26,29). The van der Waals surface area contributed by atoms with Gasteiger partial charge in [-0.15, -0.1) is 0 Å². The highest BCUT2D eigenvalue weighted by atomic mass is 16.2. The Morgan fingerprint density at radius 1 is 1.23 bits per heavy atom. The minimum absolute atomic E-state index is 0.167. The van der Waals surface area contributed by atoms with Crippen molar-refractivity contribution >= 4 is 16.9 Å². The molecule has 0 spiro atoms. The summed E-state index contributed by atoms with van der Waals surface area (Å²) in [6.07, 6.45) is 2.67. The number of carbonyl (C=O) groups is 1. The number of rotatable bonds is 6. The van der Waals surface area contributed by atoms with Gasteiger partial charge in [0.25, 0.3) is 11.5 Å². The van der Waals surface area contributed by atoms with Crippen molar-refractivity contribution in [1.29, 1.82) is 0 Å². The molecule has 0 aromatic carbocycles. The van der Waals surface area contributed by atoms with Gasteiger partial charge in [-0.25, -0.2) is 9.97 Å². The number of aromatic nitrogens is 4. The van der Waals surface area contributed by atoms with Gasteiger partial charge < -0.3 is 14.9 Å². The largest absolute Gasteiger partial charge is 0.348 e. The number of H-pyrrole nitrogens is 1. The molecular weight excluding hydrogens is 378 g/mol. The Labute approximate surface area is 177 Å². The van der Waals surface area contributed by atoms with Gasteiger partial charge in [0.2, 0.25) is 0 Å². The zero-order valence-corrected chi connectivity index (χ0v) is 18.9. The number of aromatic amines is 1. The van der Waals surface area contributed by atoms with Gasteiger partial charge in [0.05, 0.1) is 10.9 Å². The lowest BCUT2D eigenvalue weighted by atomic mass is 10.1. The lowest BCUT2D eigenvalue weighted by molar-refractivity contribution is 0.0951. The van der Waals surface area contributed by atoms with Crippen LogP contribution in [-0.4, -0.2) is 25.4 Å². The molecule has 0 aliphatic heterocycles. The average molecular weight is 410 g/mol. The molecule has 0 aliphatic carbocycles. The van der Waals surface area contributed by atoms with Crippen LogP contribution in [0.3, 0.4) is 0 Å². The number of pyridine rings is 1. The molecule has 1 amide bonds. The van der Waals surface area contributed by atoms with Crippen molar-refractivity contribution < 1.29 is 4.79 Å². The first kappa shape index (κ1) is 21.7. The number of fused-ring (bicyclic) bond motifs is 1. The van der Waals surface area contributed by atoms with Crippen LogP contribution in [0.2, 0.25) is 0 Å². The monoisotopic (exact) mass is 409 g/mol. The van der Waals surface area contributed by atoms with Gasteiger partial charge in [0.15, 0.2) is 0 Å². The fraction of sp³-hybridized carbons (Fsp3) is 0.478. The van der Waals surface area contributed by atoms with Gasteiger partial charge in [-0.2, -0.15) is 0 Å². The van der Waals surface area contributed by atoms with Crippen LogP contribution in [0.15, 0.2) is 17.1 Å². The molecule has 0 saturated carbocycles. The zero-order chi connectivity index (χ0) is 22.2. The summed E-state index contributed by atoms with van der Waals surface area (Å²) in [6.45, 7) is 14.2. The molecule has 7 heteroatoms. The van der Waals surface area contributed by atoms with Gasteiger partial charge in [0, 0.05) is 41.7 Å².